The van der Waals surface area contributed by atoms with Crippen molar-refractivity contribution in [2.24, 2.45) is 5.41 Å². The molecule has 2 rings (SSSR count). The zero-order valence-corrected chi connectivity index (χ0v) is 13.3. The van der Waals surface area contributed by atoms with E-state index < -0.39 is 0 Å². The summed E-state index contributed by atoms with van der Waals surface area (Å²) in [5.41, 5.74) is 0.453. The molecule has 2 N–H and O–H groups in total. The van der Waals surface area contributed by atoms with Gasteiger partial charge in [-0.2, -0.15) is 0 Å². The van der Waals surface area contributed by atoms with Crippen LogP contribution in [0, 0.1) is 5.41 Å². The van der Waals surface area contributed by atoms with Crippen LogP contribution in [-0.2, 0) is 4.79 Å². The number of hydrogen-bond donors (Lipinski definition) is 2. The van der Waals surface area contributed by atoms with Gasteiger partial charge in [0.05, 0.1) is 10.4 Å². The Morgan fingerprint density at radius 2 is 2.37 bits per heavy atom. The first kappa shape index (κ1) is 14.8. The first-order chi connectivity index (χ1) is 9.07. The number of anilines is 1. The van der Waals surface area contributed by atoms with Crippen LogP contribution in [-0.4, -0.2) is 19.0 Å². The number of nitrogens with one attached hydrogen (secondary N) is 2. The molecule has 1 amide bonds. The van der Waals surface area contributed by atoms with Crippen LogP contribution in [0.5, 0.6) is 0 Å². The van der Waals surface area contributed by atoms with Crippen LogP contribution >= 0.6 is 27.5 Å². The lowest BCUT2D eigenvalue weighted by Crippen LogP contribution is -2.47. The van der Waals surface area contributed by atoms with E-state index in [0.29, 0.717) is 5.02 Å². The Morgan fingerprint density at radius 1 is 1.58 bits per heavy atom. The molecule has 0 aromatic heterocycles. The number of halogens is 2. The topological polar surface area (TPSA) is 41.1 Å². The first-order valence-corrected chi connectivity index (χ1v) is 7.72. The van der Waals surface area contributed by atoms with Crippen molar-refractivity contribution in [3.8, 4) is 0 Å². The highest BCUT2D eigenvalue weighted by atomic mass is 79.9. The molecule has 1 saturated heterocycles. The van der Waals surface area contributed by atoms with E-state index in [1.54, 1.807) is 6.07 Å². The second-order valence-corrected chi connectivity index (χ2v) is 6.26. The zero-order chi connectivity index (χ0) is 13.9. The fraction of sp³-hybridized carbons (Fsp3) is 0.500. The number of amides is 1. The second kappa shape index (κ2) is 6.25. The fourth-order valence-corrected chi connectivity index (χ4v) is 2.89. The Kier molecular flexibility index (Phi) is 4.87. The van der Waals surface area contributed by atoms with E-state index in [1.165, 1.54) is 0 Å². The SMILES string of the molecule is CCC1(C(=O)Nc2ccc(Br)c(Cl)c2)CCCNC1. The molecule has 0 bridgehead atoms. The van der Waals surface area contributed by atoms with Crippen molar-refractivity contribution >= 4 is 39.1 Å². The number of piperidine rings is 1. The van der Waals surface area contributed by atoms with Crippen LogP contribution in [0.1, 0.15) is 26.2 Å². The second-order valence-electron chi connectivity index (χ2n) is 5.00. The smallest absolute Gasteiger partial charge is 0.231 e. The predicted molar refractivity (Wildman–Crippen MR) is 82.6 cm³/mol. The maximum atomic E-state index is 12.5. The van der Waals surface area contributed by atoms with Crippen molar-refractivity contribution in [2.75, 3.05) is 18.4 Å². The summed E-state index contributed by atoms with van der Waals surface area (Å²) in [7, 11) is 0. The van der Waals surface area contributed by atoms with Crippen LogP contribution in [0.4, 0.5) is 5.69 Å². The molecule has 1 aromatic carbocycles. The minimum Gasteiger partial charge on any atom is -0.326 e. The molecule has 1 aliphatic rings. The van der Waals surface area contributed by atoms with Crippen molar-refractivity contribution in [2.45, 2.75) is 26.2 Å². The van der Waals surface area contributed by atoms with E-state index in [4.69, 9.17) is 11.6 Å². The molecule has 1 atom stereocenters. The molecule has 0 saturated carbocycles. The van der Waals surface area contributed by atoms with Crippen LogP contribution < -0.4 is 10.6 Å². The minimum absolute atomic E-state index is 0.0839. The van der Waals surface area contributed by atoms with Gasteiger partial charge >= 0.3 is 0 Å². The largest absolute Gasteiger partial charge is 0.326 e. The molecule has 1 fully saturated rings. The van der Waals surface area contributed by atoms with Gasteiger partial charge in [0.15, 0.2) is 0 Å². The third-order valence-electron chi connectivity index (χ3n) is 3.81. The lowest BCUT2D eigenvalue weighted by molar-refractivity contribution is -0.126. The Bertz CT molecular complexity index is 473. The summed E-state index contributed by atoms with van der Waals surface area (Å²) in [6, 6.07) is 5.46. The Balaban J connectivity index is 2.12. The Labute approximate surface area is 127 Å². The van der Waals surface area contributed by atoms with Crippen molar-refractivity contribution < 1.29 is 4.79 Å². The number of benzene rings is 1. The van der Waals surface area contributed by atoms with E-state index in [9.17, 15) is 4.79 Å². The van der Waals surface area contributed by atoms with Crippen molar-refractivity contribution in [3.63, 3.8) is 0 Å². The van der Waals surface area contributed by atoms with Gasteiger partial charge in [-0.1, -0.05) is 18.5 Å². The van der Waals surface area contributed by atoms with E-state index in [2.05, 4.69) is 33.5 Å². The van der Waals surface area contributed by atoms with E-state index >= 15 is 0 Å². The van der Waals surface area contributed by atoms with Gasteiger partial charge in [-0.15, -0.1) is 0 Å². The van der Waals surface area contributed by atoms with Crippen LogP contribution in [0.15, 0.2) is 22.7 Å². The van der Waals surface area contributed by atoms with Crippen LogP contribution in [0.3, 0.4) is 0 Å². The minimum atomic E-state index is -0.294. The van der Waals surface area contributed by atoms with E-state index in [0.717, 1.165) is 42.5 Å². The monoisotopic (exact) mass is 344 g/mol. The highest BCUT2D eigenvalue weighted by Gasteiger charge is 2.37. The molecule has 0 aliphatic carbocycles. The fourth-order valence-electron chi connectivity index (χ4n) is 2.46. The summed E-state index contributed by atoms with van der Waals surface area (Å²) in [5, 5.41) is 6.91. The van der Waals surface area contributed by atoms with Crippen molar-refractivity contribution in [3.05, 3.63) is 27.7 Å². The third-order valence-corrected chi connectivity index (χ3v) is 5.04. The summed E-state index contributed by atoms with van der Waals surface area (Å²) >= 11 is 9.38. The van der Waals surface area contributed by atoms with Gasteiger partial charge in [0.25, 0.3) is 0 Å². The molecule has 3 nitrogen and oxygen atoms in total. The lowest BCUT2D eigenvalue weighted by atomic mass is 9.77. The summed E-state index contributed by atoms with van der Waals surface area (Å²) in [6.07, 6.45) is 2.82. The van der Waals surface area contributed by atoms with Gasteiger partial charge in [-0.25, -0.2) is 0 Å². The molecule has 19 heavy (non-hydrogen) atoms. The van der Waals surface area contributed by atoms with Crippen LogP contribution in [0.2, 0.25) is 5.02 Å². The van der Waals surface area contributed by atoms with Gasteiger partial charge in [-0.3, -0.25) is 4.79 Å². The molecule has 1 unspecified atom stereocenters. The number of hydrogen-bond acceptors (Lipinski definition) is 2. The maximum Gasteiger partial charge on any atom is 0.231 e. The zero-order valence-electron chi connectivity index (χ0n) is 10.9. The van der Waals surface area contributed by atoms with Crippen molar-refractivity contribution in [1.82, 2.24) is 5.32 Å². The molecule has 0 radical (unpaired) electrons. The van der Waals surface area contributed by atoms with Gasteiger partial charge in [0.1, 0.15) is 0 Å². The van der Waals surface area contributed by atoms with Gasteiger partial charge in [-0.05, 0) is 59.9 Å². The maximum absolute atomic E-state index is 12.5. The van der Waals surface area contributed by atoms with Crippen LogP contribution in [0.25, 0.3) is 0 Å². The number of carbonyl (C=O) groups is 1. The van der Waals surface area contributed by atoms with Gasteiger partial charge in [0.2, 0.25) is 5.91 Å². The lowest BCUT2D eigenvalue weighted by Gasteiger charge is -2.35. The molecule has 0 spiro atoms. The van der Waals surface area contributed by atoms with E-state index in [1.807, 2.05) is 12.1 Å². The van der Waals surface area contributed by atoms with Gasteiger partial charge in [0, 0.05) is 16.7 Å². The number of rotatable bonds is 3. The highest BCUT2D eigenvalue weighted by Crippen LogP contribution is 2.32. The van der Waals surface area contributed by atoms with Gasteiger partial charge < -0.3 is 10.6 Å². The Hall–Kier alpha value is -0.580. The first-order valence-electron chi connectivity index (χ1n) is 6.54. The molecule has 1 aliphatic heterocycles. The summed E-state index contributed by atoms with van der Waals surface area (Å²) in [5.74, 6) is 0.0839. The predicted octanol–water partition coefficient (Wildman–Crippen LogP) is 3.82. The average Bonchev–Trinajstić information content (AvgIpc) is 2.43. The normalized spacial score (nSPS) is 23.1. The molecular formula is C14H18BrClN2O. The summed E-state index contributed by atoms with van der Waals surface area (Å²) in [4.78, 5) is 12.5. The third kappa shape index (κ3) is 3.30. The standard InChI is InChI=1S/C14H18BrClN2O/c1-2-14(6-3-7-17-9-14)13(19)18-10-4-5-11(15)12(16)8-10/h4-5,8,17H,2-3,6-7,9H2,1H3,(H,18,19). The molecular weight excluding hydrogens is 328 g/mol. The Morgan fingerprint density at radius 3 is 2.95 bits per heavy atom. The summed E-state index contributed by atoms with van der Waals surface area (Å²) in [6.45, 7) is 3.82. The quantitative estimate of drug-likeness (QED) is 0.874. The number of carbonyl (C=O) groups excluding carboxylic acids is 1. The molecule has 1 heterocycles. The summed E-state index contributed by atoms with van der Waals surface area (Å²) < 4.78 is 0.830. The molecule has 1 aromatic rings. The molecule has 104 valence electrons. The molecule has 5 heteroatoms. The van der Waals surface area contributed by atoms with E-state index in [-0.39, 0.29) is 11.3 Å². The average molecular weight is 346 g/mol. The van der Waals surface area contributed by atoms with Crippen molar-refractivity contribution in [1.29, 1.82) is 0 Å². The highest BCUT2D eigenvalue weighted by molar-refractivity contribution is 9.10.